The predicted molar refractivity (Wildman–Crippen MR) is 76.1 cm³/mol. The van der Waals surface area contributed by atoms with Crippen LogP contribution < -0.4 is 5.32 Å². The van der Waals surface area contributed by atoms with Gasteiger partial charge in [0.1, 0.15) is 0 Å². The van der Waals surface area contributed by atoms with Crippen molar-refractivity contribution in [1.29, 1.82) is 0 Å². The average Bonchev–Trinajstić information content (AvgIpc) is 2.27. The van der Waals surface area contributed by atoms with Crippen LogP contribution in [0.25, 0.3) is 0 Å². The van der Waals surface area contributed by atoms with Gasteiger partial charge < -0.3 is 10.4 Å². The van der Waals surface area contributed by atoms with Crippen LogP contribution in [0.3, 0.4) is 0 Å². The molecule has 2 rings (SSSR count). The van der Waals surface area contributed by atoms with Crippen molar-refractivity contribution in [1.82, 2.24) is 5.32 Å². The summed E-state index contributed by atoms with van der Waals surface area (Å²) in [4.78, 5) is 0. The van der Waals surface area contributed by atoms with Crippen molar-refractivity contribution in [3.05, 3.63) is 34.9 Å². The topological polar surface area (TPSA) is 32.3 Å². The second kappa shape index (κ2) is 5.60. The summed E-state index contributed by atoms with van der Waals surface area (Å²) in [5, 5.41) is 14.2. The highest BCUT2D eigenvalue weighted by atomic mass is 35.5. The van der Waals surface area contributed by atoms with Crippen molar-refractivity contribution < 1.29 is 5.11 Å². The van der Waals surface area contributed by atoms with Crippen LogP contribution in [0, 0.1) is 0 Å². The molecule has 1 aliphatic carbocycles. The van der Waals surface area contributed by atoms with E-state index in [0.29, 0.717) is 18.5 Å². The van der Waals surface area contributed by atoms with Crippen LogP contribution >= 0.6 is 11.6 Å². The molecule has 1 fully saturated rings. The molecule has 0 aliphatic heterocycles. The van der Waals surface area contributed by atoms with E-state index in [0.717, 1.165) is 24.3 Å². The molecule has 1 aromatic rings. The Morgan fingerprint density at radius 1 is 1.44 bits per heavy atom. The Balaban J connectivity index is 1.77. The highest BCUT2D eigenvalue weighted by Crippen LogP contribution is 2.37. The summed E-state index contributed by atoms with van der Waals surface area (Å²) in [7, 11) is 0. The quantitative estimate of drug-likeness (QED) is 0.858. The first-order valence-corrected chi connectivity index (χ1v) is 7.09. The second-order valence-electron chi connectivity index (χ2n) is 5.65. The van der Waals surface area contributed by atoms with Crippen molar-refractivity contribution in [3.63, 3.8) is 0 Å². The van der Waals surface area contributed by atoms with E-state index >= 15 is 0 Å². The van der Waals surface area contributed by atoms with E-state index in [1.807, 2.05) is 26.0 Å². The zero-order chi connectivity index (χ0) is 13.2. The molecule has 1 aliphatic rings. The van der Waals surface area contributed by atoms with Crippen LogP contribution in [0.15, 0.2) is 24.3 Å². The lowest BCUT2D eigenvalue weighted by atomic mass is 9.75. The number of hydrogen-bond donors (Lipinski definition) is 2. The van der Waals surface area contributed by atoms with Gasteiger partial charge in [-0.15, -0.1) is 0 Å². The minimum Gasteiger partial charge on any atom is -0.389 e. The van der Waals surface area contributed by atoms with Gasteiger partial charge in [-0.05, 0) is 49.8 Å². The first-order chi connectivity index (χ1) is 8.50. The Morgan fingerprint density at radius 2 is 2.17 bits per heavy atom. The van der Waals surface area contributed by atoms with Crippen LogP contribution in [0.5, 0.6) is 0 Å². The molecule has 0 radical (unpaired) electrons. The lowest BCUT2D eigenvalue weighted by molar-refractivity contribution is 0.0482. The van der Waals surface area contributed by atoms with E-state index in [2.05, 4.69) is 17.4 Å². The summed E-state index contributed by atoms with van der Waals surface area (Å²) in [6.07, 6.45) is 3.06. The van der Waals surface area contributed by atoms with Crippen LogP contribution in [0.4, 0.5) is 0 Å². The maximum Gasteiger partial charge on any atom is 0.0741 e. The Kier molecular flexibility index (Phi) is 4.31. The number of halogens is 1. The summed E-state index contributed by atoms with van der Waals surface area (Å²) in [5.74, 6) is 0.618. The normalized spacial score (nSPS) is 26.4. The molecular formula is C15H22ClNO. The third-order valence-electron chi connectivity index (χ3n) is 3.99. The molecule has 2 nitrogen and oxygen atoms in total. The molecule has 0 heterocycles. The molecule has 18 heavy (non-hydrogen) atoms. The number of nitrogens with one attached hydrogen (secondary N) is 1. The van der Waals surface area contributed by atoms with Gasteiger partial charge in [-0.1, -0.05) is 30.7 Å². The van der Waals surface area contributed by atoms with Gasteiger partial charge in [-0.25, -0.2) is 0 Å². The third-order valence-corrected chi connectivity index (χ3v) is 4.23. The molecule has 3 heteroatoms. The zero-order valence-corrected chi connectivity index (χ0v) is 11.9. The van der Waals surface area contributed by atoms with Gasteiger partial charge in [0.15, 0.2) is 0 Å². The summed E-state index contributed by atoms with van der Waals surface area (Å²) in [5.41, 5.74) is 0.754. The van der Waals surface area contributed by atoms with Gasteiger partial charge in [-0.3, -0.25) is 0 Å². The third kappa shape index (κ3) is 3.47. The highest BCUT2D eigenvalue weighted by molar-refractivity contribution is 6.30. The van der Waals surface area contributed by atoms with E-state index < -0.39 is 5.60 Å². The van der Waals surface area contributed by atoms with Gasteiger partial charge >= 0.3 is 0 Å². The van der Waals surface area contributed by atoms with E-state index in [9.17, 15) is 5.11 Å². The molecule has 0 amide bonds. The van der Waals surface area contributed by atoms with E-state index in [-0.39, 0.29) is 0 Å². The standard InChI is InChI=1S/C15H22ClNO/c1-3-15(2,18)10-17-14-8-12(9-14)11-5-4-6-13(16)7-11/h4-7,12,14,17-18H,3,8-10H2,1-2H3. The number of rotatable bonds is 5. The molecule has 0 aromatic heterocycles. The zero-order valence-electron chi connectivity index (χ0n) is 11.1. The van der Waals surface area contributed by atoms with Gasteiger partial charge in [0, 0.05) is 17.6 Å². The van der Waals surface area contributed by atoms with Crippen molar-refractivity contribution in [2.45, 2.75) is 50.7 Å². The van der Waals surface area contributed by atoms with Gasteiger partial charge in [0.2, 0.25) is 0 Å². The van der Waals surface area contributed by atoms with Gasteiger partial charge in [-0.2, -0.15) is 0 Å². The van der Waals surface area contributed by atoms with Crippen molar-refractivity contribution in [3.8, 4) is 0 Å². The fourth-order valence-electron chi connectivity index (χ4n) is 2.31. The van der Waals surface area contributed by atoms with Crippen LogP contribution in [-0.2, 0) is 0 Å². The summed E-state index contributed by atoms with van der Waals surface area (Å²) in [6.45, 7) is 4.57. The molecule has 1 unspecified atom stereocenters. The molecular weight excluding hydrogens is 246 g/mol. The lowest BCUT2D eigenvalue weighted by Crippen LogP contribution is -2.47. The first kappa shape index (κ1) is 13.9. The monoisotopic (exact) mass is 267 g/mol. The van der Waals surface area contributed by atoms with Gasteiger partial charge in [0.05, 0.1) is 5.60 Å². The molecule has 1 aromatic carbocycles. The molecule has 1 atom stereocenters. The highest BCUT2D eigenvalue weighted by Gasteiger charge is 2.31. The maximum atomic E-state index is 9.93. The Hall–Kier alpha value is -0.570. The number of benzene rings is 1. The molecule has 100 valence electrons. The Bertz CT molecular complexity index is 399. The molecule has 2 N–H and O–H groups in total. The maximum absolute atomic E-state index is 9.93. The molecule has 0 spiro atoms. The minimum atomic E-state index is -0.582. The number of hydrogen-bond acceptors (Lipinski definition) is 2. The molecule has 1 saturated carbocycles. The predicted octanol–water partition coefficient (Wildman–Crippen LogP) is 3.34. The van der Waals surface area contributed by atoms with Crippen molar-refractivity contribution >= 4 is 11.6 Å². The molecule has 0 bridgehead atoms. The van der Waals surface area contributed by atoms with E-state index in [4.69, 9.17) is 11.6 Å². The fourth-order valence-corrected chi connectivity index (χ4v) is 2.51. The Morgan fingerprint density at radius 3 is 2.78 bits per heavy atom. The lowest BCUT2D eigenvalue weighted by Gasteiger charge is -2.38. The Labute approximate surface area is 114 Å². The SMILES string of the molecule is CCC(C)(O)CNC1CC(c2cccc(Cl)c2)C1. The fraction of sp³-hybridized carbons (Fsp3) is 0.600. The summed E-state index contributed by atoms with van der Waals surface area (Å²) < 4.78 is 0. The first-order valence-electron chi connectivity index (χ1n) is 6.71. The number of aliphatic hydroxyl groups is 1. The van der Waals surface area contributed by atoms with Crippen LogP contribution in [0.2, 0.25) is 5.02 Å². The second-order valence-corrected chi connectivity index (χ2v) is 6.09. The van der Waals surface area contributed by atoms with E-state index in [1.165, 1.54) is 5.56 Å². The van der Waals surface area contributed by atoms with Crippen molar-refractivity contribution in [2.75, 3.05) is 6.54 Å². The summed E-state index contributed by atoms with van der Waals surface area (Å²) >= 11 is 6.00. The largest absolute Gasteiger partial charge is 0.389 e. The van der Waals surface area contributed by atoms with E-state index in [1.54, 1.807) is 0 Å². The smallest absolute Gasteiger partial charge is 0.0741 e. The average molecular weight is 268 g/mol. The van der Waals surface area contributed by atoms with Crippen LogP contribution in [0.1, 0.15) is 44.6 Å². The van der Waals surface area contributed by atoms with Gasteiger partial charge in [0.25, 0.3) is 0 Å². The van der Waals surface area contributed by atoms with Crippen LogP contribution in [-0.4, -0.2) is 23.3 Å². The molecule has 0 saturated heterocycles. The van der Waals surface area contributed by atoms with Crippen molar-refractivity contribution in [2.24, 2.45) is 0 Å². The summed E-state index contributed by atoms with van der Waals surface area (Å²) in [6, 6.07) is 8.67. The minimum absolute atomic E-state index is 0.534.